The Morgan fingerprint density at radius 2 is 1.86 bits per heavy atom. The normalized spacial score (nSPS) is 12.1. The highest BCUT2D eigenvalue weighted by atomic mass is 19.4. The summed E-state index contributed by atoms with van der Waals surface area (Å²) in [6.45, 7) is 3.59. The number of nitrogens with zero attached hydrogens (tertiary/aromatic N) is 6. The third-order valence-corrected chi connectivity index (χ3v) is 6.08. The van der Waals surface area contributed by atoms with Crippen LogP contribution >= 0.6 is 0 Å². The third-order valence-electron chi connectivity index (χ3n) is 6.08. The molecule has 0 aliphatic carbocycles. The van der Waals surface area contributed by atoms with Crippen LogP contribution in [0.1, 0.15) is 29.8 Å². The topological polar surface area (TPSA) is 94.3 Å². The average Bonchev–Trinajstić information content (AvgIpc) is 3.53. The van der Waals surface area contributed by atoms with Crippen molar-refractivity contribution in [2.45, 2.75) is 32.7 Å². The van der Waals surface area contributed by atoms with Crippen LogP contribution in [0, 0.1) is 5.82 Å². The molecule has 37 heavy (non-hydrogen) atoms. The highest BCUT2D eigenvalue weighted by Crippen LogP contribution is 2.28. The lowest BCUT2D eigenvalue weighted by Gasteiger charge is -2.27. The summed E-state index contributed by atoms with van der Waals surface area (Å²) in [5.74, 6) is -0.650. The van der Waals surface area contributed by atoms with E-state index < -0.39 is 12.1 Å². The van der Waals surface area contributed by atoms with E-state index in [0.717, 1.165) is 18.5 Å². The van der Waals surface area contributed by atoms with Gasteiger partial charge in [0.05, 0.1) is 29.8 Å². The van der Waals surface area contributed by atoms with Gasteiger partial charge in [-0.25, -0.2) is 14.4 Å². The fourth-order valence-corrected chi connectivity index (χ4v) is 4.11. The van der Waals surface area contributed by atoms with Gasteiger partial charge in [0.25, 0.3) is 5.91 Å². The van der Waals surface area contributed by atoms with E-state index in [2.05, 4.69) is 15.1 Å². The fraction of sp³-hybridized carbons (Fsp3) is 0.200. The van der Waals surface area contributed by atoms with Crippen LogP contribution < -0.4 is 5.73 Å². The summed E-state index contributed by atoms with van der Waals surface area (Å²) in [5, 5.41) is 3.29. The molecule has 8 nitrogen and oxygen atoms in total. The molecule has 0 aliphatic heterocycles. The summed E-state index contributed by atoms with van der Waals surface area (Å²) in [6, 6.07) is 8.83. The van der Waals surface area contributed by atoms with Crippen molar-refractivity contribution in [3.63, 3.8) is 0 Å². The van der Waals surface area contributed by atoms with Crippen LogP contribution in [0.2, 0.25) is 0 Å². The lowest BCUT2D eigenvalue weighted by Crippen LogP contribution is -2.36. The van der Waals surface area contributed by atoms with Crippen LogP contribution in [0.3, 0.4) is 0 Å². The van der Waals surface area contributed by atoms with E-state index in [1.54, 1.807) is 35.1 Å². The Hall–Kier alpha value is -4.48. The average molecular weight is 511 g/mol. The number of halogens is 4. The van der Waals surface area contributed by atoms with E-state index in [-0.39, 0.29) is 39.9 Å². The Labute approximate surface area is 208 Å². The maximum atomic E-state index is 15.0. The molecule has 0 unspecified atom stereocenters. The Morgan fingerprint density at radius 3 is 2.54 bits per heavy atom. The molecule has 0 spiro atoms. The second kappa shape index (κ2) is 8.87. The van der Waals surface area contributed by atoms with Crippen LogP contribution in [0.15, 0.2) is 61.3 Å². The molecule has 12 heteroatoms. The molecule has 5 aromatic rings. The molecular weight excluding hydrogens is 490 g/mol. The summed E-state index contributed by atoms with van der Waals surface area (Å²) in [6.07, 6.45) is 0.309. The van der Waals surface area contributed by atoms with E-state index in [1.807, 2.05) is 13.8 Å². The fourth-order valence-electron chi connectivity index (χ4n) is 4.11. The number of imidazole rings is 1. The number of anilines is 1. The van der Waals surface area contributed by atoms with Gasteiger partial charge in [0.2, 0.25) is 0 Å². The standard InChI is InChI=1S/C25H21F4N7O/c1-14(2)34(11-17-4-3-15(7-19(17)26)18-9-32-36(12-18)25(27,28)29)24(37)16-5-6-20-21(8-16)35-13-31-10-22(35)23(30)33-20/h3-10,12-14H,11H2,1-2H3,(H2,30,33). The molecule has 0 atom stereocenters. The largest absolute Gasteiger partial charge is 0.504 e. The quantitative estimate of drug-likeness (QED) is 0.336. The summed E-state index contributed by atoms with van der Waals surface area (Å²) < 4.78 is 55.1. The van der Waals surface area contributed by atoms with Crippen LogP contribution in [0.25, 0.3) is 27.7 Å². The molecule has 0 radical (unpaired) electrons. The maximum Gasteiger partial charge on any atom is 0.504 e. The van der Waals surface area contributed by atoms with E-state index in [1.165, 1.54) is 17.0 Å². The van der Waals surface area contributed by atoms with Gasteiger partial charge in [0, 0.05) is 35.5 Å². The minimum Gasteiger partial charge on any atom is -0.382 e. The maximum absolute atomic E-state index is 15.0. The SMILES string of the molecule is CC(C)N(Cc1ccc(-c2cnn(C(F)(F)F)c2)cc1F)C(=O)c1ccc2nc(N)c3cncn3c2c1. The summed E-state index contributed by atoms with van der Waals surface area (Å²) in [5.41, 5.74) is 8.79. The van der Waals surface area contributed by atoms with Gasteiger partial charge in [-0.1, -0.05) is 12.1 Å². The zero-order valence-electron chi connectivity index (χ0n) is 19.7. The van der Waals surface area contributed by atoms with Gasteiger partial charge in [-0.15, -0.1) is 13.2 Å². The summed E-state index contributed by atoms with van der Waals surface area (Å²) in [7, 11) is 0. The first-order chi connectivity index (χ1) is 17.5. The number of alkyl halides is 3. The van der Waals surface area contributed by atoms with E-state index in [4.69, 9.17) is 5.73 Å². The van der Waals surface area contributed by atoms with Crippen molar-refractivity contribution in [2.24, 2.45) is 0 Å². The molecule has 0 bridgehead atoms. The number of hydrogen-bond acceptors (Lipinski definition) is 5. The van der Waals surface area contributed by atoms with Crippen LogP contribution in [0.4, 0.5) is 23.4 Å². The Balaban J connectivity index is 1.44. The van der Waals surface area contributed by atoms with Gasteiger partial charge >= 0.3 is 6.30 Å². The number of nitrogen functional groups attached to an aromatic ring is 1. The second-order valence-corrected chi connectivity index (χ2v) is 8.82. The molecular formula is C25H21F4N7O. The number of carbonyl (C=O) groups excluding carboxylic acids is 1. The second-order valence-electron chi connectivity index (χ2n) is 8.82. The van der Waals surface area contributed by atoms with Crippen molar-refractivity contribution in [1.82, 2.24) is 29.0 Å². The number of carbonyl (C=O) groups is 1. The van der Waals surface area contributed by atoms with E-state index in [9.17, 15) is 18.0 Å². The Morgan fingerprint density at radius 1 is 1.08 bits per heavy atom. The molecule has 2 aromatic carbocycles. The molecule has 0 saturated heterocycles. The molecule has 3 heterocycles. The minimum absolute atomic E-state index is 0.0388. The van der Waals surface area contributed by atoms with Gasteiger partial charge in [-0.2, -0.15) is 9.78 Å². The zero-order chi connectivity index (χ0) is 26.5. The predicted octanol–water partition coefficient (Wildman–Crippen LogP) is 4.99. The van der Waals surface area contributed by atoms with Gasteiger partial charge in [0.1, 0.15) is 17.2 Å². The molecule has 1 amide bonds. The van der Waals surface area contributed by atoms with Gasteiger partial charge in [0.15, 0.2) is 0 Å². The van der Waals surface area contributed by atoms with Gasteiger partial charge in [-0.3, -0.25) is 9.20 Å². The first-order valence-corrected chi connectivity index (χ1v) is 11.3. The van der Waals surface area contributed by atoms with Crippen LogP contribution in [-0.2, 0) is 12.8 Å². The van der Waals surface area contributed by atoms with E-state index >= 15 is 4.39 Å². The molecule has 190 valence electrons. The van der Waals surface area contributed by atoms with Crippen molar-refractivity contribution in [1.29, 1.82) is 0 Å². The first-order valence-electron chi connectivity index (χ1n) is 11.3. The van der Waals surface area contributed by atoms with Crippen molar-refractivity contribution in [3.05, 3.63) is 78.3 Å². The van der Waals surface area contributed by atoms with Crippen molar-refractivity contribution in [2.75, 3.05) is 5.73 Å². The number of fused-ring (bicyclic) bond motifs is 3. The van der Waals surface area contributed by atoms with Crippen molar-refractivity contribution < 1.29 is 22.4 Å². The predicted molar refractivity (Wildman–Crippen MR) is 129 cm³/mol. The number of amides is 1. The Kier molecular flexibility index (Phi) is 5.81. The number of rotatable bonds is 5. The van der Waals surface area contributed by atoms with Crippen molar-refractivity contribution in [3.8, 4) is 11.1 Å². The molecule has 0 fully saturated rings. The summed E-state index contributed by atoms with van der Waals surface area (Å²) in [4.78, 5) is 23.5. The minimum atomic E-state index is -4.66. The number of hydrogen-bond donors (Lipinski definition) is 1. The monoisotopic (exact) mass is 511 g/mol. The van der Waals surface area contributed by atoms with E-state index in [0.29, 0.717) is 27.9 Å². The Bertz CT molecular complexity index is 1640. The molecule has 2 N–H and O–H groups in total. The highest BCUT2D eigenvalue weighted by molar-refractivity contribution is 5.98. The lowest BCUT2D eigenvalue weighted by atomic mass is 10.0. The van der Waals surface area contributed by atoms with Crippen LogP contribution in [0.5, 0.6) is 0 Å². The third kappa shape index (κ3) is 4.46. The van der Waals surface area contributed by atoms with Crippen molar-refractivity contribution >= 4 is 28.3 Å². The van der Waals surface area contributed by atoms with Gasteiger partial charge in [-0.05, 0) is 43.7 Å². The molecule has 5 rings (SSSR count). The smallest absolute Gasteiger partial charge is 0.382 e. The molecule has 0 saturated carbocycles. The number of benzene rings is 2. The lowest BCUT2D eigenvalue weighted by molar-refractivity contribution is -0.212. The number of aromatic nitrogens is 5. The summed E-state index contributed by atoms with van der Waals surface area (Å²) >= 11 is 0. The molecule has 0 aliphatic rings. The number of nitrogens with two attached hydrogens (primary N) is 1. The molecule has 3 aromatic heterocycles. The first kappa shape index (κ1) is 24.2. The van der Waals surface area contributed by atoms with Gasteiger partial charge < -0.3 is 10.6 Å². The van der Waals surface area contributed by atoms with Crippen LogP contribution in [-0.4, -0.2) is 41.0 Å². The highest BCUT2D eigenvalue weighted by Gasteiger charge is 2.31. The zero-order valence-corrected chi connectivity index (χ0v) is 19.7.